The van der Waals surface area contributed by atoms with Crippen LogP contribution in [0.3, 0.4) is 0 Å². The van der Waals surface area contributed by atoms with E-state index in [9.17, 15) is 136 Å². The molecule has 0 aliphatic carbocycles. The molecular formula is C87H153N3O39. The Morgan fingerprint density at radius 3 is 1.22 bits per heavy atom. The lowest BCUT2D eigenvalue weighted by Gasteiger charge is -2.53. The standard InChI is InChI=1S/C87H153N3O39/c1-6-8-10-12-14-16-18-20-21-22-23-25-27-29-31-33-35-37-62(105)90-52(53(100)36-34-32-30-28-26-24-19-17-15-13-11-9-7-2)47-118-81-70(111)69(110)74(60(45-95)121-81)124-83-72(113)79(129-87(85(116)117)40-55(102)64(89-50(5)99)77(127-87)66(107)57(104)42-92)75(61(46-96)122-83)125-80-51(38-48(3)97)73(67(108)58(43-93)119-80)123-82-71(112)78(68(109)59(44-94)120-82)128-86(84(114)115)39-54(101)63(88-49(4)98)76(126-86)65(106)56(103)41-91/h34,36,51-61,63-83,91-96,100-104,106-113H,6-33,35,37-47H2,1-5H3,(H,88,98)(H,89,99)(H,90,105)(H,114,115)(H,116,117)/t51-,52+,53-,54+,55+,56-,57-,58-,59-,60-,61-,63-,64-,65-,66-,67+,68+,69-,70-,71-,72-,73-,74-,75+,76?,77?,78+,79-,80+,81-,82+,83+,86+,87+/m1/s1. The van der Waals surface area contributed by atoms with Crippen LogP contribution in [-0.4, -0.2) is 390 Å². The first kappa shape index (κ1) is 113. The summed E-state index contributed by atoms with van der Waals surface area (Å²) in [6.07, 6.45) is -29.6. The molecule has 6 aliphatic heterocycles. The van der Waals surface area contributed by atoms with E-state index in [-0.39, 0.29) is 6.42 Å². The first-order valence-corrected chi connectivity index (χ1v) is 46.4. The second-order valence-electron chi connectivity index (χ2n) is 35.3. The Balaban J connectivity index is 1.29. The number of carbonyl (C=O) groups excluding carboxylic acids is 4. The van der Waals surface area contributed by atoms with Crippen molar-refractivity contribution in [2.24, 2.45) is 5.92 Å². The second-order valence-corrected chi connectivity index (χ2v) is 35.3. The molecule has 34 atom stereocenters. The van der Waals surface area contributed by atoms with E-state index in [1.54, 1.807) is 6.08 Å². The topological polar surface area (TPSA) is 674 Å². The largest absolute Gasteiger partial charge is 0.477 e. The third-order valence-electron chi connectivity index (χ3n) is 24.9. The lowest BCUT2D eigenvalue weighted by Crippen LogP contribution is -2.71. The molecule has 6 rings (SSSR count). The van der Waals surface area contributed by atoms with Gasteiger partial charge in [-0.2, -0.15) is 0 Å². The average Bonchev–Trinajstić information content (AvgIpc) is 0.720. The van der Waals surface area contributed by atoms with E-state index in [4.69, 9.17) is 56.8 Å². The molecule has 42 heteroatoms. The first-order valence-electron chi connectivity index (χ1n) is 46.4. The molecule has 2 unspecified atom stereocenters. The Labute approximate surface area is 753 Å². The Morgan fingerprint density at radius 1 is 0.426 bits per heavy atom. The molecule has 6 saturated heterocycles. The lowest BCUT2D eigenvalue weighted by molar-refractivity contribution is -0.408. The number of hydrogen-bond donors (Lipinski definition) is 24. The van der Waals surface area contributed by atoms with E-state index in [2.05, 4.69) is 29.8 Å². The summed E-state index contributed by atoms with van der Waals surface area (Å²) in [7, 11) is 0. The summed E-state index contributed by atoms with van der Waals surface area (Å²) in [5, 5.41) is 245. The number of ketones is 1. The molecule has 6 heterocycles. The van der Waals surface area contributed by atoms with E-state index in [0.717, 1.165) is 85.0 Å². The van der Waals surface area contributed by atoms with Gasteiger partial charge >= 0.3 is 11.9 Å². The third kappa shape index (κ3) is 33.7. The van der Waals surface area contributed by atoms with E-state index in [1.165, 1.54) is 115 Å². The number of nitrogens with one attached hydrogen (secondary N) is 3. The van der Waals surface area contributed by atoms with Gasteiger partial charge in [0.05, 0.1) is 88.8 Å². The molecule has 0 bridgehead atoms. The third-order valence-corrected chi connectivity index (χ3v) is 24.9. The van der Waals surface area contributed by atoms with Gasteiger partial charge in [0.15, 0.2) is 25.2 Å². The zero-order valence-corrected chi connectivity index (χ0v) is 75.2. The Kier molecular flexibility index (Phi) is 51.1. The van der Waals surface area contributed by atoms with Crippen LogP contribution >= 0.6 is 0 Å². The summed E-state index contributed by atoms with van der Waals surface area (Å²) in [4.78, 5) is 79.8. The molecule has 0 aromatic heterocycles. The van der Waals surface area contributed by atoms with Gasteiger partial charge in [-0.15, -0.1) is 0 Å². The molecule has 24 N–H and O–H groups in total. The number of rotatable bonds is 62. The minimum absolute atomic E-state index is 0.0983. The molecule has 3 amide bonds. The van der Waals surface area contributed by atoms with Crippen LogP contribution in [0, 0.1) is 5.92 Å². The molecule has 0 radical (unpaired) electrons. The average molecular weight is 1870 g/mol. The summed E-state index contributed by atoms with van der Waals surface area (Å²) >= 11 is 0. The van der Waals surface area contributed by atoms with Crippen molar-refractivity contribution in [2.75, 3.05) is 46.2 Å². The SMILES string of the molecule is CCCCCCCCCCCCCC=C[C@@H](O)[C@H](CO[C@@H]1O[C@H](CO)[C@@H](O[C@@H]2O[C@H](CO)[C@H](O[C@@H]3O[C@H](CO)[C@H](O)[C@H](O[C@@H]4O[C@H](CO)[C@H](O)[C@H](O[C@]5(C(=O)O)C[C@H](O)[C@@H](NC(C)=O)C([C@H](O)[C@H](O)CO)O5)[C@H]4O)[C@H]3CC(C)=O)[C@H](O[C@]3(C(=O)O)C[C@H](O)[C@@H](NC(C)=O)C([C@H](O)[C@H](O)CO)O3)[C@H]2O)[C@H](O)[C@H]1O)NC(=O)CCCCCCCCCCCCCCCCCCC. The zero-order valence-electron chi connectivity index (χ0n) is 75.2. The minimum Gasteiger partial charge on any atom is -0.477 e. The second kappa shape index (κ2) is 58.2. The molecule has 750 valence electrons. The van der Waals surface area contributed by atoms with E-state index in [1.807, 2.05) is 0 Å². The van der Waals surface area contributed by atoms with Crippen LogP contribution in [0.15, 0.2) is 12.2 Å². The van der Waals surface area contributed by atoms with Crippen molar-refractivity contribution >= 4 is 35.4 Å². The van der Waals surface area contributed by atoms with E-state index in [0.29, 0.717) is 12.8 Å². The van der Waals surface area contributed by atoms with Crippen LogP contribution in [0.5, 0.6) is 0 Å². The molecule has 0 aromatic rings. The number of ether oxygens (including phenoxy) is 12. The fourth-order valence-corrected chi connectivity index (χ4v) is 17.5. The van der Waals surface area contributed by atoms with Crippen molar-refractivity contribution in [3.05, 3.63) is 12.2 Å². The Morgan fingerprint density at radius 2 is 0.798 bits per heavy atom. The summed E-state index contributed by atoms with van der Waals surface area (Å²) in [6.45, 7) is -0.613. The highest BCUT2D eigenvalue weighted by atomic mass is 16.8. The Bertz CT molecular complexity index is 3230. The molecule has 0 saturated carbocycles. The summed E-state index contributed by atoms with van der Waals surface area (Å²) < 4.78 is 72.8. The number of carbonyl (C=O) groups is 6. The van der Waals surface area contributed by atoms with Gasteiger partial charge in [-0.1, -0.05) is 193 Å². The van der Waals surface area contributed by atoms with Crippen LogP contribution in [0.2, 0.25) is 0 Å². The molecule has 0 spiro atoms. The minimum atomic E-state index is -3.48. The lowest BCUT2D eigenvalue weighted by atomic mass is 9.86. The van der Waals surface area contributed by atoms with Gasteiger partial charge in [0, 0.05) is 45.4 Å². The highest BCUT2D eigenvalue weighted by Gasteiger charge is 2.64. The molecular weight excluding hydrogens is 1710 g/mol. The summed E-state index contributed by atoms with van der Waals surface area (Å²) in [6, 6.07) is -4.77. The molecule has 42 nitrogen and oxygen atoms in total. The number of aliphatic hydroxyl groups excluding tert-OH is 19. The number of Topliss-reactive ketones (excluding diaryl/α,β-unsaturated/α-hetero) is 1. The van der Waals surface area contributed by atoms with E-state index >= 15 is 0 Å². The molecule has 6 aliphatic rings. The number of aliphatic hydroxyl groups is 19. The van der Waals surface area contributed by atoms with Crippen LogP contribution in [0.4, 0.5) is 0 Å². The monoisotopic (exact) mass is 1860 g/mol. The first-order chi connectivity index (χ1) is 61.6. The number of hydrogen-bond acceptors (Lipinski definition) is 37. The van der Waals surface area contributed by atoms with Crippen molar-refractivity contribution in [2.45, 2.75) is 448 Å². The van der Waals surface area contributed by atoms with Crippen LogP contribution in [-0.2, 0) is 85.6 Å². The fraction of sp³-hybridized carbons (Fsp3) is 0.908. The number of allylic oxidation sites excluding steroid dienone is 1. The number of unbranched alkanes of at least 4 members (excludes halogenated alkanes) is 27. The quantitative estimate of drug-likeness (QED) is 0.0231. The van der Waals surface area contributed by atoms with Crippen molar-refractivity contribution < 1.29 is 193 Å². The summed E-state index contributed by atoms with van der Waals surface area (Å²) in [5.41, 5.74) is 0. The van der Waals surface area contributed by atoms with Gasteiger partial charge in [-0.05, 0) is 26.2 Å². The van der Waals surface area contributed by atoms with Crippen LogP contribution < -0.4 is 16.0 Å². The van der Waals surface area contributed by atoms with Crippen molar-refractivity contribution in [1.82, 2.24) is 16.0 Å². The predicted molar refractivity (Wildman–Crippen MR) is 450 cm³/mol. The van der Waals surface area contributed by atoms with Gasteiger partial charge in [-0.3, -0.25) is 14.4 Å². The molecule has 0 aromatic carbocycles. The molecule has 129 heavy (non-hydrogen) atoms. The summed E-state index contributed by atoms with van der Waals surface area (Å²) in [5.74, 6) is -16.1. The van der Waals surface area contributed by atoms with Gasteiger partial charge in [0.1, 0.15) is 128 Å². The number of carboxylic acids is 2. The maximum absolute atomic E-state index is 14.1. The number of aliphatic carboxylic acids is 2. The van der Waals surface area contributed by atoms with Crippen LogP contribution in [0.25, 0.3) is 0 Å². The maximum atomic E-state index is 14.1. The highest BCUT2D eigenvalue weighted by molar-refractivity contribution is 5.78. The van der Waals surface area contributed by atoms with E-state index < -0.39 is 308 Å². The van der Waals surface area contributed by atoms with Gasteiger partial charge < -0.3 is 185 Å². The van der Waals surface area contributed by atoms with Gasteiger partial charge in [0.2, 0.25) is 17.7 Å². The van der Waals surface area contributed by atoms with Crippen molar-refractivity contribution in [3.63, 3.8) is 0 Å². The number of carboxylic acid groups (broad SMARTS) is 2. The van der Waals surface area contributed by atoms with Gasteiger partial charge in [-0.25, -0.2) is 9.59 Å². The maximum Gasteiger partial charge on any atom is 0.364 e. The van der Waals surface area contributed by atoms with Crippen LogP contribution in [0.1, 0.15) is 247 Å². The van der Waals surface area contributed by atoms with Crippen molar-refractivity contribution in [3.8, 4) is 0 Å². The van der Waals surface area contributed by atoms with Crippen molar-refractivity contribution in [1.29, 1.82) is 0 Å². The van der Waals surface area contributed by atoms with Gasteiger partial charge in [0.25, 0.3) is 11.6 Å². The fourth-order valence-electron chi connectivity index (χ4n) is 17.5. The highest BCUT2D eigenvalue weighted by Crippen LogP contribution is 2.44. The Hall–Kier alpha value is -4.48. The smallest absolute Gasteiger partial charge is 0.364 e. The number of amides is 3. The molecule has 6 fully saturated rings. The normalized spacial score (nSPS) is 34.8. The zero-order chi connectivity index (χ0) is 95.2. The predicted octanol–water partition coefficient (Wildman–Crippen LogP) is -2.00.